The van der Waals surface area contributed by atoms with E-state index in [0.29, 0.717) is 22.9 Å². The van der Waals surface area contributed by atoms with Crippen LogP contribution >= 0.6 is 0 Å². The molecule has 0 spiro atoms. The van der Waals surface area contributed by atoms with E-state index < -0.39 is 0 Å². The molecule has 0 unspecified atom stereocenters. The standard InChI is InChI=1S/C21H18N2O2/c1-21(2,3)20-23-17-16(22-13-9-5-4-6-10-13)14-11-7-8-12-15(14)18(24)19(17)25-20/h4-12H,1-3H3. The van der Waals surface area contributed by atoms with Crippen molar-refractivity contribution in [2.24, 2.45) is 4.99 Å². The van der Waals surface area contributed by atoms with Crippen LogP contribution in [0.1, 0.15) is 54.0 Å². The van der Waals surface area contributed by atoms with Crippen molar-refractivity contribution in [1.29, 1.82) is 0 Å². The maximum absolute atomic E-state index is 12.9. The molecule has 0 saturated heterocycles. The molecule has 1 aliphatic carbocycles. The van der Waals surface area contributed by atoms with Crippen LogP contribution < -0.4 is 0 Å². The lowest BCUT2D eigenvalue weighted by atomic mass is 9.90. The third-order valence-electron chi connectivity index (χ3n) is 4.12. The van der Waals surface area contributed by atoms with E-state index in [1.807, 2.05) is 69.3 Å². The van der Waals surface area contributed by atoms with Crippen LogP contribution in [0.5, 0.6) is 0 Å². The second kappa shape index (κ2) is 5.52. The fourth-order valence-electron chi connectivity index (χ4n) is 2.84. The molecule has 25 heavy (non-hydrogen) atoms. The van der Waals surface area contributed by atoms with Gasteiger partial charge >= 0.3 is 0 Å². The summed E-state index contributed by atoms with van der Waals surface area (Å²) in [6.07, 6.45) is 0. The Labute approximate surface area is 146 Å². The minimum Gasteiger partial charge on any atom is -0.436 e. The number of hydrogen-bond donors (Lipinski definition) is 0. The number of oxazole rings is 1. The monoisotopic (exact) mass is 330 g/mol. The number of carbonyl (C=O) groups excluding carboxylic acids is 1. The summed E-state index contributed by atoms with van der Waals surface area (Å²) in [7, 11) is 0. The van der Waals surface area contributed by atoms with Crippen LogP contribution in [0.4, 0.5) is 5.69 Å². The first kappa shape index (κ1) is 15.5. The maximum atomic E-state index is 12.9. The number of ketones is 1. The number of carbonyl (C=O) groups is 1. The third-order valence-corrected chi connectivity index (χ3v) is 4.12. The molecule has 1 heterocycles. The molecule has 0 amide bonds. The highest BCUT2D eigenvalue weighted by Crippen LogP contribution is 2.33. The Morgan fingerprint density at radius 2 is 1.56 bits per heavy atom. The maximum Gasteiger partial charge on any atom is 0.231 e. The fraction of sp³-hybridized carbons (Fsp3) is 0.190. The Morgan fingerprint density at radius 3 is 2.24 bits per heavy atom. The van der Waals surface area contributed by atoms with Gasteiger partial charge in [0.05, 0.1) is 5.69 Å². The molecule has 3 aromatic rings. The molecule has 4 rings (SSSR count). The smallest absolute Gasteiger partial charge is 0.231 e. The van der Waals surface area contributed by atoms with Crippen LogP contribution in [0.15, 0.2) is 64.0 Å². The summed E-state index contributed by atoms with van der Waals surface area (Å²) in [5, 5.41) is 0. The first-order chi connectivity index (χ1) is 11.9. The van der Waals surface area contributed by atoms with Crippen LogP contribution in [0.2, 0.25) is 0 Å². The number of aromatic nitrogens is 1. The van der Waals surface area contributed by atoms with Crippen molar-refractivity contribution in [3.63, 3.8) is 0 Å². The van der Waals surface area contributed by atoms with E-state index in [4.69, 9.17) is 9.41 Å². The Balaban J connectivity index is 1.99. The number of rotatable bonds is 1. The predicted molar refractivity (Wildman–Crippen MR) is 96.8 cm³/mol. The summed E-state index contributed by atoms with van der Waals surface area (Å²) in [4.78, 5) is 22.3. The second-order valence-electron chi connectivity index (χ2n) is 7.12. The number of hydrogen-bond acceptors (Lipinski definition) is 4. The van der Waals surface area contributed by atoms with E-state index in [9.17, 15) is 4.79 Å². The molecular formula is C21H18N2O2. The summed E-state index contributed by atoms with van der Waals surface area (Å²) < 4.78 is 5.87. The number of fused-ring (bicyclic) bond motifs is 2. The summed E-state index contributed by atoms with van der Waals surface area (Å²) in [5.41, 5.74) is 3.11. The zero-order chi connectivity index (χ0) is 17.6. The molecule has 124 valence electrons. The van der Waals surface area contributed by atoms with Crippen LogP contribution in [0, 0.1) is 0 Å². The minimum atomic E-state index is -0.290. The van der Waals surface area contributed by atoms with Gasteiger partial charge in [-0.05, 0) is 12.1 Å². The van der Waals surface area contributed by atoms with Gasteiger partial charge in [-0.2, -0.15) is 0 Å². The van der Waals surface area contributed by atoms with Crippen molar-refractivity contribution < 1.29 is 9.21 Å². The van der Waals surface area contributed by atoms with Crippen molar-refractivity contribution in [2.75, 3.05) is 0 Å². The van der Waals surface area contributed by atoms with Gasteiger partial charge in [0, 0.05) is 16.5 Å². The van der Waals surface area contributed by atoms with Crippen molar-refractivity contribution in [1.82, 2.24) is 4.98 Å². The number of aliphatic imine (C=N–C) groups is 1. The molecule has 0 fully saturated rings. The van der Waals surface area contributed by atoms with Crippen molar-refractivity contribution in [2.45, 2.75) is 26.2 Å². The molecule has 1 aromatic heterocycles. The van der Waals surface area contributed by atoms with E-state index in [-0.39, 0.29) is 17.0 Å². The normalized spacial score (nSPS) is 15.2. The minimum absolute atomic E-state index is 0.138. The molecule has 0 atom stereocenters. The van der Waals surface area contributed by atoms with Crippen molar-refractivity contribution in [3.8, 4) is 0 Å². The average molecular weight is 330 g/mol. The quantitative estimate of drug-likeness (QED) is 0.509. The Kier molecular flexibility index (Phi) is 3.42. The van der Waals surface area contributed by atoms with Gasteiger partial charge in [-0.1, -0.05) is 63.2 Å². The van der Waals surface area contributed by atoms with E-state index >= 15 is 0 Å². The summed E-state index contributed by atoms with van der Waals surface area (Å²) in [6.45, 7) is 6.03. The first-order valence-electron chi connectivity index (χ1n) is 8.24. The lowest BCUT2D eigenvalue weighted by Gasteiger charge is -2.15. The average Bonchev–Trinajstić information content (AvgIpc) is 3.05. The highest BCUT2D eigenvalue weighted by Gasteiger charge is 2.35. The van der Waals surface area contributed by atoms with E-state index in [1.54, 1.807) is 6.07 Å². The number of benzene rings is 2. The van der Waals surface area contributed by atoms with Crippen LogP contribution in [0.25, 0.3) is 0 Å². The van der Waals surface area contributed by atoms with Gasteiger partial charge in [0.15, 0.2) is 0 Å². The van der Waals surface area contributed by atoms with E-state index in [0.717, 1.165) is 11.3 Å². The second-order valence-corrected chi connectivity index (χ2v) is 7.12. The summed E-state index contributed by atoms with van der Waals surface area (Å²) >= 11 is 0. The molecule has 1 aliphatic rings. The van der Waals surface area contributed by atoms with Gasteiger partial charge in [-0.15, -0.1) is 0 Å². The number of para-hydroxylation sites is 1. The summed E-state index contributed by atoms with van der Waals surface area (Å²) in [5.74, 6) is 0.679. The molecule has 0 bridgehead atoms. The zero-order valence-electron chi connectivity index (χ0n) is 14.4. The molecule has 4 heteroatoms. The SMILES string of the molecule is CC(C)(C)c1nc2c(o1)C(=O)c1ccccc1C2=Nc1ccccc1. The first-order valence-corrected chi connectivity index (χ1v) is 8.24. The highest BCUT2D eigenvalue weighted by atomic mass is 16.4. The topological polar surface area (TPSA) is 55.5 Å². The van der Waals surface area contributed by atoms with Crippen molar-refractivity contribution >= 4 is 17.2 Å². The zero-order valence-corrected chi connectivity index (χ0v) is 14.4. The Bertz CT molecular complexity index is 992. The van der Waals surface area contributed by atoms with Gasteiger partial charge in [-0.25, -0.2) is 9.98 Å². The molecular weight excluding hydrogens is 312 g/mol. The van der Waals surface area contributed by atoms with Gasteiger partial charge in [0.2, 0.25) is 17.4 Å². The molecule has 0 saturated carbocycles. The third kappa shape index (κ3) is 2.60. The lowest BCUT2D eigenvalue weighted by molar-refractivity contribution is 0.100. The van der Waals surface area contributed by atoms with Gasteiger partial charge in [0.1, 0.15) is 11.4 Å². The molecule has 0 N–H and O–H groups in total. The summed E-state index contributed by atoms with van der Waals surface area (Å²) in [6, 6.07) is 17.1. The molecule has 0 radical (unpaired) electrons. The highest BCUT2D eigenvalue weighted by molar-refractivity contribution is 6.28. The van der Waals surface area contributed by atoms with E-state index in [2.05, 4.69) is 4.98 Å². The Morgan fingerprint density at radius 1 is 0.920 bits per heavy atom. The Hall–Kier alpha value is -3.01. The van der Waals surface area contributed by atoms with Gasteiger partial charge in [0.25, 0.3) is 0 Å². The van der Waals surface area contributed by atoms with Crippen LogP contribution in [-0.2, 0) is 5.41 Å². The van der Waals surface area contributed by atoms with Crippen LogP contribution in [0.3, 0.4) is 0 Å². The molecule has 2 aromatic carbocycles. The number of nitrogens with zero attached hydrogens (tertiary/aromatic N) is 2. The lowest BCUT2D eigenvalue weighted by Crippen LogP contribution is -2.20. The predicted octanol–water partition coefficient (Wildman–Crippen LogP) is 4.69. The largest absolute Gasteiger partial charge is 0.436 e. The van der Waals surface area contributed by atoms with Gasteiger partial charge in [-0.3, -0.25) is 4.79 Å². The van der Waals surface area contributed by atoms with Gasteiger partial charge < -0.3 is 4.42 Å². The molecule has 4 nitrogen and oxygen atoms in total. The molecule has 0 aliphatic heterocycles. The van der Waals surface area contributed by atoms with E-state index in [1.165, 1.54) is 0 Å². The fourth-order valence-corrected chi connectivity index (χ4v) is 2.84. The van der Waals surface area contributed by atoms with Crippen LogP contribution in [-0.4, -0.2) is 16.5 Å². The van der Waals surface area contributed by atoms with Crippen molar-refractivity contribution in [3.05, 3.63) is 83.1 Å².